The Labute approximate surface area is 126 Å². The van der Waals surface area contributed by atoms with Gasteiger partial charge in [0.15, 0.2) is 0 Å². The number of hydrogen-bond acceptors (Lipinski definition) is 1. The first kappa shape index (κ1) is 19.2. The molecule has 2 nitrogen and oxygen atoms in total. The molecule has 0 bridgehead atoms. The first-order valence-corrected chi connectivity index (χ1v) is 8.64. The number of hydrogen-bond donors (Lipinski definition) is 0. The van der Waals surface area contributed by atoms with Crippen LogP contribution in [0.5, 0.6) is 0 Å². The lowest BCUT2D eigenvalue weighted by Gasteiger charge is -2.20. The fourth-order valence-electron chi connectivity index (χ4n) is 2.49. The van der Waals surface area contributed by atoms with E-state index in [2.05, 4.69) is 13.5 Å². The van der Waals surface area contributed by atoms with Crippen molar-refractivity contribution in [3.63, 3.8) is 0 Å². The van der Waals surface area contributed by atoms with Crippen molar-refractivity contribution in [3.8, 4) is 0 Å². The van der Waals surface area contributed by atoms with Gasteiger partial charge < -0.3 is 4.90 Å². The van der Waals surface area contributed by atoms with E-state index in [1.54, 1.807) is 0 Å². The first-order chi connectivity index (χ1) is 9.76. The van der Waals surface area contributed by atoms with Crippen molar-refractivity contribution in [2.45, 2.75) is 84.5 Å². The lowest BCUT2D eigenvalue weighted by atomic mass is 10.1. The lowest BCUT2D eigenvalue weighted by Crippen LogP contribution is -2.31. The molecule has 0 radical (unpaired) electrons. The van der Waals surface area contributed by atoms with Gasteiger partial charge in [0.05, 0.1) is 0 Å². The highest BCUT2D eigenvalue weighted by molar-refractivity contribution is 5.75. The van der Waals surface area contributed by atoms with Gasteiger partial charge in [0, 0.05) is 19.5 Å². The number of rotatable bonds is 14. The van der Waals surface area contributed by atoms with Crippen molar-refractivity contribution in [1.29, 1.82) is 0 Å². The quantitative estimate of drug-likeness (QED) is 0.311. The van der Waals surface area contributed by atoms with E-state index in [0.29, 0.717) is 13.0 Å². The van der Waals surface area contributed by atoms with E-state index in [1.165, 1.54) is 57.8 Å². The first-order valence-electron chi connectivity index (χ1n) is 8.64. The second kappa shape index (κ2) is 14.6. The largest absolute Gasteiger partial charge is 0.339 e. The summed E-state index contributed by atoms with van der Waals surface area (Å²) in [7, 11) is 0. The molecule has 118 valence electrons. The molecule has 0 aliphatic carbocycles. The van der Waals surface area contributed by atoms with E-state index in [4.69, 9.17) is 0 Å². The van der Waals surface area contributed by atoms with E-state index in [-0.39, 0.29) is 5.91 Å². The Morgan fingerprint density at radius 1 is 0.900 bits per heavy atom. The molecule has 20 heavy (non-hydrogen) atoms. The third-order valence-electron chi connectivity index (χ3n) is 3.79. The van der Waals surface area contributed by atoms with Gasteiger partial charge >= 0.3 is 0 Å². The van der Waals surface area contributed by atoms with E-state index in [9.17, 15) is 4.79 Å². The van der Waals surface area contributed by atoms with Crippen LogP contribution >= 0.6 is 0 Å². The Hall–Kier alpha value is -0.790. The van der Waals surface area contributed by atoms with Crippen molar-refractivity contribution in [3.05, 3.63) is 12.7 Å². The molecule has 0 saturated heterocycles. The van der Waals surface area contributed by atoms with Crippen LogP contribution in [0.3, 0.4) is 0 Å². The van der Waals surface area contributed by atoms with E-state index in [1.807, 2.05) is 17.9 Å². The minimum Gasteiger partial charge on any atom is -0.339 e. The van der Waals surface area contributed by atoms with Gasteiger partial charge in [-0.05, 0) is 6.42 Å². The molecule has 0 aliphatic heterocycles. The number of carbonyl (C=O) groups is 1. The molecule has 0 aromatic heterocycles. The molecule has 0 N–H and O–H groups in total. The van der Waals surface area contributed by atoms with Gasteiger partial charge in [0.1, 0.15) is 0 Å². The average Bonchev–Trinajstić information content (AvgIpc) is 2.47. The summed E-state index contributed by atoms with van der Waals surface area (Å²) in [4.78, 5) is 13.6. The van der Waals surface area contributed by atoms with Gasteiger partial charge in [-0.3, -0.25) is 4.79 Å². The molecule has 0 saturated carbocycles. The molecule has 0 atom stereocenters. The zero-order valence-corrected chi connectivity index (χ0v) is 13.8. The van der Waals surface area contributed by atoms with Crippen molar-refractivity contribution in [1.82, 2.24) is 4.90 Å². The van der Waals surface area contributed by atoms with Gasteiger partial charge in [0.2, 0.25) is 5.91 Å². The summed E-state index contributed by atoms with van der Waals surface area (Å²) < 4.78 is 0. The fraction of sp³-hybridized carbons (Fsp3) is 0.833. The molecule has 0 spiro atoms. The monoisotopic (exact) mass is 281 g/mol. The molecule has 0 unspecified atom stereocenters. The number of carbonyl (C=O) groups excluding carboxylic acids is 1. The molecule has 0 aromatic carbocycles. The Morgan fingerprint density at radius 3 is 1.85 bits per heavy atom. The lowest BCUT2D eigenvalue weighted by molar-refractivity contribution is -0.130. The van der Waals surface area contributed by atoms with E-state index >= 15 is 0 Å². The molecule has 0 aliphatic rings. The minimum atomic E-state index is 0.251. The van der Waals surface area contributed by atoms with E-state index < -0.39 is 0 Å². The SMILES string of the molecule is C=CCN(CCCCCCCCCCCC)C(=O)CC. The Balaban J connectivity index is 3.41. The second-order valence-electron chi connectivity index (χ2n) is 5.66. The molecule has 0 aromatic rings. The van der Waals surface area contributed by atoms with Crippen LogP contribution in [0.15, 0.2) is 12.7 Å². The molecule has 2 heteroatoms. The molecule has 0 fully saturated rings. The van der Waals surface area contributed by atoms with Crippen LogP contribution in [-0.2, 0) is 4.79 Å². The number of amides is 1. The van der Waals surface area contributed by atoms with Crippen LogP contribution < -0.4 is 0 Å². The minimum absolute atomic E-state index is 0.251. The van der Waals surface area contributed by atoms with Crippen LogP contribution in [0, 0.1) is 0 Å². The summed E-state index contributed by atoms with van der Waals surface area (Å²) in [5.74, 6) is 0.251. The van der Waals surface area contributed by atoms with Gasteiger partial charge in [-0.1, -0.05) is 77.7 Å². The smallest absolute Gasteiger partial charge is 0.222 e. The summed E-state index contributed by atoms with van der Waals surface area (Å²) in [6.07, 6.45) is 15.8. The van der Waals surface area contributed by atoms with Gasteiger partial charge in [-0.15, -0.1) is 6.58 Å². The summed E-state index contributed by atoms with van der Waals surface area (Å²) >= 11 is 0. The molecular formula is C18H35NO. The highest BCUT2D eigenvalue weighted by Crippen LogP contribution is 2.11. The van der Waals surface area contributed by atoms with Crippen LogP contribution in [0.25, 0.3) is 0 Å². The van der Waals surface area contributed by atoms with Gasteiger partial charge in [0.25, 0.3) is 0 Å². The predicted molar refractivity (Wildman–Crippen MR) is 88.9 cm³/mol. The molecule has 1 amide bonds. The number of nitrogens with zero attached hydrogens (tertiary/aromatic N) is 1. The van der Waals surface area contributed by atoms with Crippen LogP contribution in [-0.4, -0.2) is 23.9 Å². The van der Waals surface area contributed by atoms with Crippen LogP contribution in [0.2, 0.25) is 0 Å². The molecule has 0 heterocycles. The third kappa shape index (κ3) is 11.1. The van der Waals surface area contributed by atoms with Crippen molar-refractivity contribution in [2.24, 2.45) is 0 Å². The zero-order valence-electron chi connectivity index (χ0n) is 13.8. The van der Waals surface area contributed by atoms with Crippen molar-refractivity contribution in [2.75, 3.05) is 13.1 Å². The predicted octanol–water partition coefficient (Wildman–Crippen LogP) is 5.33. The molecular weight excluding hydrogens is 246 g/mol. The van der Waals surface area contributed by atoms with Crippen molar-refractivity contribution >= 4 is 5.91 Å². The van der Waals surface area contributed by atoms with E-state index in [0.717, 1.165) is 13.0 Å². The topological polar surface area (TPSA) is 20.3 Å². The summed E-state index contributed by atoms with van der Waals surface area (Å²) in [5.41, 5.74) is 0. The van der Waals surface area contributed by atoms with Crippen LogP contribution in [0.1, 0.15) is 84.5 Å². The number of unbranched alkanes of at least 4 members (excludes halogenated alkanes) is 9. The van der Waals surface area contributed by atoms with Crippen molar-refractivity contribution < 1.29 is 4.79 Å². The summed E-state index contributed by atoms with van der Waals surface area (Å²) in [6, 6.07) is 0. The fourth-order valence-corrected chi connectivity index (χ4v) is 2.49. The highest BCUT2D eigenvalue weighted by Gasteiger charge is 2.08. The maximum Gasteiger partial charge on any atom is 0.222 e. The molecule has 0 rings (SSSR count). The van der Waals surface area contributed by atoms with Crippen LogP contribution in [0.4, 0.5) is 0 Å². The highest BCUT2D eigenvalue weighted by atomic mass is 16.2. The summed E-state index contributed by atoms with van der Waals surface area (Å²) in [6.45, 7) is 9.51. The normalized spacial score (nSPS) is 10.5. The maximum absolute atomic E-state index is 11.7. The second-order valence-corrected chi connectivity index (χ2v) is 5.66. The Bertz CT molecular complexity index is 238. The zero-order chi connectivity index (χ0) is 15.1. The third-order valence-corrected chi connectivity index (χ3v) is 3.79. The van der Waals surface area contributed by atoms with Gasteiger partial charge in [-0.25, -0.2) is 0 Å². The Kier molecular flexibility index (Phi) is 14.0. The van der Waals surface area contributed by atoms with Gasteiger partial charge in [-0.2, -0.15) is 0 Å². The Morgan fingerprint density at radius 2 is 1.40 bits per heavy atom. The standard InChI is InChI=1S/C18H35NO/c1-4-7-8-9-10-11-12-13-14-15-17-19(16-5-2)18(20)6-3/h5H,2,4,6-17H2,1,3H3. The maximum atomic E-state index is 11.7. The summed E-state index contributed by atoms with van der Waals surface area (Å²) in [5, 5.41) is 0. The average molecular weight is 281 g/mol.